The van der Waals surface area contributed by atoms with Crippen LogP contribution in [0.2, 0.25) is 0 Å². The lowest BCUT2D eigenvalue weighted by atomic mass is 10.0. The second-order valence-electron chi connectivity index (χ2n) is 7.02. The Morgan fingerprint density at radius 2 is 1.63 bits per heavy atom. The van der Waals surface area contributed by atoms with Gasteiger partial charge in [-0.15, -0.1) is 0 Å². The number of para-hydroxylation sites is 1. The number of aromatic nitrogens is 4. The van der Waals surface area contributed by atoms with E-state index in [9.17, 15) is 26.7 Å². The lowest BCUT2D eigenvalue weighted by molar-refractivity contribution is 0.0684. The van der Waals surface area contributed by atoms with Crippen molar-refractivity contribution < 1.29 is 31.9 Å². The number of carbonyl (C=O) groups is 1. The summed E-state index contributed by atoms with van der Waals surface area (Å²) in [5.74, 6) is -1.64. The fourth-order valence-electron chi connectivity index (χ4n) is 2.80. The molecule has 4 rings (SSSR count). The molecule has 35 heavy (non-hydrogen) atoms. The normalized spacial score (nSPS) is 10.4. The molecule has 2 heterocycles. The van der Waals surface area contributed by atoms with E-state index in [1.165, 1.54) is 36.1 Å². The van der Waals surface area contributed by atoms with Gasteiger partial charge in [0, 0.05) is 37.7 Å². The Morgan fingerprint density at radius 1 is 0.943 bits per heavy atom. The number of carboxylic acids is 1. The standard InChI is InChI=1S/C12H10FN.C6H6F2N2O2.C5H6F2N2/c13-10-5-3-4-9(8-10)11-6-1-2-7-12(11)14;1-10-2-3(6(11)12)4(9-10)5(7)8;1-9-3-2-4(8-9)5(6)7/h1-8H,14H2;2,5H,1H3,(H,11,12);2-3,5H,1H3. The first-order chi connectivity index (χ1) is 16.5. The van der Waals surface area contributed by atoms with Gasteiger partial charge in [0.05, 0.1) is 0 Å². The summed E-state index contributed by atoms with van der Waals surface area (Å²) < 4.78 is 62.9. The molecule has 4 aromatic rings. The SMILES string of the molecule is Cn1cc(C(=O)O)c(C(F)F)n1.Cn1ccc(C(F)F)n1.Nc1ccccc1-c1cccc(F)c1. The van der Waals surface area contributed by atoms with E-state index in [2.05, 4.69) is 10.2 Å². The molecule has 2 aromatic heterocycles. The van der Waals surface area contributed by atoms with E-state index in [-0.39, 0.29) is 11.5 Å². The summed E-state index contributed by atoms with van der Waals surface area (Å²) in [5, 5.41) is 15.2. The number of nitrogens with zero attached hydrogens (tertiary/aromatic N) is 4. The third-order valence-corrected chi connectivity index (χ3v) is 4.35. The van der Waals surface area contributed by atoms with Crippen LogP contribution in [0.4, 0.5) is 27.6 Å². The van der Waals surface area contributed by atoms with Crippen molar-refractivity contribution >= 4 is 11.7 Å². The molecule has 12 heteroatoms. The molecule has 0 unspecified atom stereocenters. The molecular weight excluding hydrogens is 473 g/mol. The van der Waals surface area contributed by atoms with E-state index in [4.69, 9.17) is 10.8 Å². The average Bonchev–Trinajstić information content (AvgIpc) is 3.41. The second kappa shape index (κ2) is 12.3. The lowest BCUT2D eigenvalue weighted by Gasteiger charge is -2.04. The first kappa shape index (κ1) is 27.0. The van der Waals surface area contributed by atoms with Crippen molar-refractivity contribution in [3.8, 4) is 11.1 Å². The quantitative estimate of drug-likeness (QED) is 0.288. The Labute approximate surface area is 197 Å². The number of nitrogens with two attached hydrogens (primary N) is 1. The molecule has 0 bridgehead atoms. The molecule has 186 valence electrons. The predicted molar refractivity (Wildman–Crippen MR) is 120 cm³/mol. The van der Waals surface area contributed by atoms with Crippen molar-refractivity contribution in [2.45, 2.75) is 12.9 Å². The zero-order valence-corrected chi connectivity index (χ0v) is 18.6. The Balaban J connectivity index is 0.000000190. The second-order valence-corrected chi connectivity index (χ2v) is 7.02. The van der Waals surface area contributed by atoms with Crippen molar-refractivity contribution in [2.24, 2.45) is 14.1 Å². The maximum Gasteiger partial charge on any atom is 0.339 e. The molecule has 0 aliphatic rings. The number of nitrogen functional groups attached to an aromatic ring is 1. The smallest absolute Gasteiger partial charge is 0.339 e. The van der Waals surface area contributed by atoms with E-state index in [0.29, 0.717) is 5.69 Å². The number of hydrogen-bond acceptors (Lipinski definition) is 4. The van der Waals surface area contributed by atoms with Gasteiger partial charge >= 0.3 is 5.97 Å². The summed E-state index contributed by atoms with van der Waals surface area (Å²) in [5.41, 5.74) is 6.81. The predicted octanol–water partition coefficient (Wildman–Crippen LogP) is 5.49. The van der Waals surface area contributed by atoms with Crippen molar-refractivity contribution in [1.82, 2.24) is 19.6 Å². The number of anilines is 1. The Morgan fingerprint density at radius 3 is 2.09 bits per heavy atom. The number of aromatic carboxylic acids is 1. The summed E-state index contributed by atoms with van der Waals surface area (Å²) in [6, 6.07) is 15.1. The molecule has 0 saturated carbocycles. The van der Waals surface area contributed by atoms with E-state index >= 15 is 0 Å². The van der Waals surface area contributed by atoms with Gasteiger partial charge in [0.2, 0.25) is 0 Å². The first-order valence-corrected chi connectivity index (χ1v) is 9.92. The van der Waals surface area contributed by atoms with E-state index in [1.54, 1.807) is 19.2 Å². The van der Waals surface area contributed by atoms with Crippen LogP contribution in [0.5, 0.6) is 0 Å². The lowest BCUT2D eigenvalue weighted by Crippen LogP contribution is -1.99. The number of hydrogen-bond donors (Lipinski definition) is 2. The van der Waals surface area contributed by atoms with Gasteiger partial charge in [0.1, 0.15) is 22.8 Å². The summed E-state index contributed by atoms with van der Waals surface area (Å²) in [4.78, 5) is 10.4. The molecule has 0 aliphatic heterocycles. The van der Waals surface area contributed by atoms with Crippen LogP contribution in [-0.2, 0) is 14.1 Å². The monoisotopic (exact) mass is 495 g/mol. The molecule has 3 N–H and O–H groups in total. The highest BCUT2D eigenvalue weighted by atomic mass is 19.3. The number of benzene rings is 2. The van der Waals surface area contributed by atoms with Gasteiger partial charge in [-0.3, -0.25) is 9.36 Å². The van der Waals surface area contributed by atoms with Gasteiger partial charge in [-0.05, 0) is 29.8 Å². The van der Waals surface area contributed by atoms with E-state index < -0.39 is 30.1 Å². The fourth-order valence-corrected chi connectivity index (χ4v) is 2.80. The van der Waals surface area contributed by atoms with Crippen LogP contribution in [0, 0.1) is 5.82 Å². The van der Waals surface area contributed by atoms with Gasteiger partial charge in [-0.25, -0.2) is 26.7 Å². The van der Waals surface area contributed by atoms with Gasteiger partial charge in [0.25, 0.3) is 12.9 Å². The Hall–Kier alpha value is -4.22. The minimum Gasteiger partial charge on any atom is -0.478 e. The zero-order valence-electron chi connectivity index (χ0n) is 18.6. The highest BCUT2D eigenvalue weighted by Crippen LogP contribution is 2.25. The van der Waals surface area contributed by atoms with Crippen LogP contribution in [0.15, 0.2) is 67.0 Å². The number of halogens is 5. The zero-order chi connectivity index (χ0) is 26.1. The summed E-state index contributed by atoms with van der Waals surface area (Å²) in [6.45, 7) is 0. The molecule has 0 radical (unpaired) electrons. The molecule has 0 fully saturated rings. The van der Waals surface area contributed by atoms with E-state index in [0.717, 1.165) is 22.0 Å². The third kappa shape index (κ3) is 7.95. The average molecular weight is 495 g/mol. The topological polar surface area (TPSA) is 99.0 Å². The van der Waals surface area contributed by atoms with Crippen molar-refractivity contribution in [2.75, 3.05) is 5.73 Å². The van der Waals surface area contributed by atoms with Crippen LogP contribution >= 0.6 is 0 Å². The minimum atomic E-state index is -2.85. The summed E-state index contributed by atoms with van der Waals surface area (Å²) >= 11 is 0. The summed E-state index contributed by atoms with van der Waals surface area (Å²) in [7, 11) is 2.99. The van der Waals surface area contributed by atoms with Crippen molar-refractivity contribution in [1.29, 1.82) is 0 Å². The maximum absolute atomic E-state index is 12.9. The molecular formula is C23H22F5N5O2. The Kier molecular flexibility index (Phi) is 9.50. The van der Waals surface area contributed by atoms with Gasteiger partial charge < -0.3 is 10.8 Å². The molecule has 0 amide bonds. The molecule has 7 nitrogen and oxygen atoms in total. The highest BCUT2D eigenvalue weighted by Gasteiger charge is 2.21. The first-order valence-electron chi connectivity index (χ1n) is 9.92. The number of aryl methyl sites for hydroxylation is 2. The molecule has 0 aliphatic carbocycles. The van der Waals surface area contributed by atoms with Gasteiger partial charge in [-0.2, -0.15) is 10.2 Å². The van der Waals surface area contributed by atoms with Crippen molar-refractivity contribution in [3.05, 3.63) is 89.8 Å². The fraction of sp³-hybridized carbons (Fsp3) is 0.174. The highest BCUT2D eigenvalue weighted by molar-refractivity contribution is 5.88. The van der Waals surface area contributed by atoms with Crippen LogP contribution in [0.3, 0.4) is 0 Å². The van der Waals surface area contributed by atoms with Gasteiger partial charge in [0.15, 0.2) is 0 Å². The minimum absolute atomic E-state index is 0.169. The molecule has 0 atom stereocenters. The van der Waals surface area contributed by atoms with Crippen LogP contribution in [0.25, 0.3) is 11.1 Å². The molecule has 0 spiro atoms. The number of carboxylic acid groups (broad SMARTS) is 1. The van der Waals surface area contributed by atoms with Crippen molar-refractivity contribution in [3.63, 3.8) is 0 Å². The van der Waals surface area contributed by atoms with E-state index in [1.807, 2.05) is 24.3 Å². The largest absolute Gasteiger partial charge is 0.478 e. The molecule has 2 aromatic carbocycles. The van der Waals surface area contributed by atoms with Gasteiger partial charge in [-0.1, -0.05) is 30.3 Å². The number of rotatable bonds is 4. The third-order valence-electron chi connectivity index (χ3n) is 4.35. The van der Waals surface area contributed by atoms with Crippen LogP contribution in [0.1, 0.15) is 34.6 Å². The van der Waals surface area contributed by atoms with Crippen LogP contribution < -0.4 is 5.73 Å². The molecule has 0 saturated heterocycles. The Bertz CT molecular complexity index is 1260. The number of alkyl halides is 4. The van der Waals surface area contributed by atoms with Crippen LogP contribution in [-0.4, -0.2) is 30.6 Å². The summed E-state index contributed by atoms with van der Waals surface area (Å²) in [6.07, 6.45) is -2.77. The maximum atomic E-state index is 12.9.